The molecule has 0 fully saturated rings. The van der Waals surface area contributed by atoms with E-state index in [1.165, 1.54) is 17.7 Å². The zero-order chi connectivity index (χ0) is 11.7. The number of pyridine rings is 1. The molecule has 1 aliphatic carbocycles. The third kappa shape index (κ3) is 1.80. The Morgan fingerprint density at radius 3 is 2.88 bits per heavy atom. The minimum atomic E-state index is -0.165. The monoisotopic (exact) mass is 220 g/mol. The molecular weight excluding hydrogens is 200 g/mol. The van der Waals surface area contributed by atoms with E-state index in [9.17, 15) is 4.79 Å². The maximum absolute atomic E-state index is 12.2. The van der Waals surface area contributed by atoms with Gasteiger partial charge in [0.25, 0.3) is 5.56 Å². The second-order valence-electron chi connectivity index (χ2n) is 4.67. The normalized spacial score (nSPS) is 16.2. The van der Waals surface area contributed by atoms with Gasteiger partial charge in [0.15, 0.2) is 0 Å². The van der Waals surface area contributed by atoms with Crippen molar-refractivity contribution in [2.45, 2.75) is 52.1 Å². The van der Waals surface area contributed by atoms with Gasteiger partial charge in [-0.3, -0.25) is 4.79 Å². The molecule has 3 nitrogen and oxygen atoms in total. The van der Waals surface area contributed by atoms with Crippen LogP contribution in [-0.2, 0) is 19.4 Å². The van der Waals surface area contributed by atoms with E-state index >= 15 is 0 Å². The molecule has 0 spiro atoms. The van der Waals surface area contributed by atoms with Crippen molar-refractivity contribution in [2.24, 2.45) is 5.73 Å². The van der Waals surface area contributed by atoms with Crippen LogP contribution in [0.4, 0.5) is 0 Å². The van der Waals surface area contributed by atoms with Crippen LogP contribution in [0.3, 0.4) is 0 Å². The van der Waals surface area contributed by atoms with Gasteiger partial charge in [-0.05, 0) is 44.2 Å². The zero-order valence-electron chi connectivity index (χ0n) is 10.1. The van der Waals surface area contributed by atoms with Gasteiger partial charge in [-0.15, -0.1) is 0 Å². The first-order valence-corrected chi connectivity index (χ1v) is 6.16. The molecule has 2 N–H and O–H groups in total. The van der Waals surface area contributed by atoms with Gasteiger partial charge in [-0.2, -0.15) is 0 Å². The van der Waals surface area contributed by atoms with Gasteiger partial charge in [-0.25, -0.2) is 0 Å². The average molecular weight is 220 g/mol. The Balaban J connectivity index is 2.60. The first-order valence-electron chi connectivity index (χ1n) is 6.16. The Morgan fingerprint density at radius 1 is 1.50 bits per heavy atom. The molecule has 1 atom stereocenters. The van der Waals surface area contributed by atoms with Gasteiger partial charge in [-0.1, -0.05) is 6.92 Å². The lowest BCUT2D eigenvalue weighted by Gasteiger charge is -2.15. The summed E-state index contributed by atoms with van der Waals surface area (Å²) < 4.78 is 1.95. The van der Waals surface area contributed by atoms with Crippen LogP contribution in [0.1, 0.15) is 49.6 Å². The maximum atomic E-state index is 12.2. The molecule has 0 aromatic carbocycles. The second kappa shape index (κ2) is 4.42. The molecule has 1 unspecified atom stereocenters. The number of hydrogen-bond donors (Lipinski definition) is 1. The first kappa shape index (κ1) is 11.4. The summed E-state index contributed by atoms with van der Waals surface area (Å²) in [5, 5.41) is 0. The van der Waals surface area contributed by atoms with Crippen molar-refractivity contribution in [2.75, 3.05) is 0 Å². The van der Waals surface area contributed by atoms with Crippen molar-refractivity contribution in [3.63, 3.8) is 0 Å². The molecule has 0 saturated heterocycles. The van der Waals surface area contributed by atoms with Crippen molar-refractivity contribution in [1.29, 1.82) is 0 Å². The predicted octanol–water partition coefficient (Wildman–Crippen LogP) is 1.77. The molecule has 88 valence electrons. The van der Waals surface area contributed by atoms with Gasteiger partial charge in [0.1, 0.15) is 0 Å². The summed E-state index contributed by atoms with van der Waals surface area (Å²) in [5.74, 6) is 0. The van der Waals surface area contributed by atoms with Crippen LogP contribution < -0.4 is 11.3 Å². The van der Waals surface area contributed by atoms with Crippen LogP contribution in [0.5, 0.6) is 0 Å². The fraction of sp³-hybridized carbons (Fsp3) is 0.615. The molecule has 0 amide bonds. The number of fused-ring (bicyclic) bond motifs is 1. The minimum Gasteiger partial charge on any atom is -0.324 e. The highest BCUT2D eigenvalue weighted by atomic mass is 16.1. The van der Waals surface area contributed by atoms with Crippen molar-refractivity contribution in [1.82, 2.24) is 4.57 Å². The highest BCUT2D eigenvalue weighted by molar-refractivity contribution is 5.31. The number of aromatic nitrogens is 1. The van der Waals surface area contributed by atoms with E-state index in [2.05, 4.69) is 6.92 Å². The fourth-order valence-electron chi connectivity index (χ4n) is 2.53. The van der Waals surface area contributed by atoms with E-state index in [0.717, 1.165) is 31.4 Å². The van der Waals surface area contributed by atoms with Crippen LogP contribution in [-0.4, -0.2) is 4.57 Å². The van der Waals surface area contributed by atoms with E-state index < -0.39 is 0 Å². The van der Waals surface area contributed by atoms with Gasteiger partial charge in [0.05, 0.1) is 0 Å². The third-order valence-electron chi connectivity index (χ3n) is 3.32. The van der Waals surface area contributed by atoms with E-state index in [4.69, 9.17) is 5.73 Å². The number of hydrogen-bond acceptors (Lipinski definition) is 2. The predicted molar refractivity (Wildman–Crippen MR) is 65.6 cm³/mol. The minimum absolute atomic E-state index is 0.123. The molecule has 1 aromatic heterocycles. The summed E-state index contributed by atoms with van der Waals surface area (Å²) in [7, 11) is 0. The summed E-state index contributed by atoms with van der Waals surface area (Å²) in [5.41, 5.74) is 9.34. The third-order valence-corrected chi connectivity index (χ3v) is 3.32. The Bertz CT molecular complexity index is 446. The smallest absolute Gasteiger partial charge is 0.255 e. The van der Waals surface area contributed by atoms with Crippen LogP contribution in [0, 0.1) is 0 Å². The summed E-state index contributed by atoms with van der Waals surface area (Å²) in [6, 6.07) is 1.86. The van der Waals surface area contributed by atoms with Crippen molar-refractivity contribution in [3.05, 3.63) is 33.2 Å². The molecule has 2 rings (SSSR count). The zero-order valence-corrected chi connectivity index (χ0v) is 10.1. The maximum Gasteiger partial charge on any atom is 0.255 e. The Hall–Kier alpha value is -1.09. The van der Waals surface area contributed by atoms with E-state index in [1.54, 1.807) is 0 Å². The van der Waals surface area contributed by atoms with E-state index in [-0.39, 0.29) is 11.6 Å². The summed E-state index contributed by atoms with van der Waals surface area (Å²) in [6.07, 6.45) is 4.30. The molecule has 0 aliphatic heterocycles. The van der Waals surface area contributed by atoms with E-state index in [1.807, 2.05) is 17.6 Å². The summed E-state index contributed by atoms with van der Waals surface area (Å²) in [4.78, 5) is 12.2. The largest absolute Gasteiger partial charge is 0.324 e. The molecule has 0 bridgehead atoms. The Labute approximate surface area is 96.3 Å². The summed E-state index contributed by atoms with van der Waals surface area (Å²) >= 11 is 0. The molecule has 3 heteroatoms. The van der Waals surface area contributed by atoms with Crippen molar-refractivity contribution >= 4 is 0 Å². The second-order valence-corrected chi connectivity index (χ2v) is 4.67. The Morgan fingerprint density at radius 2 is 2.25 bits per heavy atom. The highest BCUT2D eigenvalue weighted by Gasteiger charge is 2.19. The van der Waals surface area contributed by atoms with Crippen LogP contribution in [0.15, 0.2) is 10.9 Å². The number of rotatable bonds is 3. The quantitative estimate of drug-likeness (QED) is 0.844. The van der Waals surface area contributed by atoms with Crippen molar-refractivity contribution < 1.29 is 0 Å². The number of nitrogens with zero attached hydrogens (tertiary/aromatic N) is 1. The first-order chi connectivity index (χ1) is 7.65. The van der Waals surface area contributed by atoms with Crippen LogP contribution in [0.25, 0.3) is 0 Å². The average Bonchev–Trinajstić information content (AvgIpc) is 2.69. The molecule has 1 aromatic rings. The fourth-order valence-corrected chi connectivity index (χ4v) is 2.53. The summed E-state index contributed by atoms with van der Waals surface area (Å²) in [6.45, 7) is 4.81. The van der Waals surface area contributed by atoms with Gasteiger partial charge < -0.3 is 10.3 Å². The highest BCUT2D eigenvalue weighted by Crippen LogP contribution is 2.22. The lowest BCUT2D eigenvalue weighted by molar-refractivity contribution is 0.609. The molecular formula is C13H20N2O. The molecule has 0 saturated carbocycles. The molecule has 1 heterocycles. The van der Waals surface area contributed by atoms with Crippen LogP contribution >= 0.6 is 0 Å². The number of nitrogens with two attached hydrogens (primary N) is 1. The lowest BCUT2D eigenvalue weighted by atomic mass is 10.1. The van der Waals surface area contributed by atoms with E-state index in [0.29, 0.717) is 0 Å². The van der Waals surface area contributed by atoms with Gasteiger partial charge >= 0.3 is 0 Å². The SMILES string of the molecule is CCCn1c2c(cc(C(C)N)c1=O)CCC2. The molecule has 1 aliphatic rings. The molecule has 16 heavy (non-hydrogen) atoms. The number of aryl methyl sites for hydroxylation is 1. The topological polar surface area (TPSA) is 48.0 Å². The van der Waals surface area contributed by atoms with Crippen molar-refractivity contribution in [3.8, 4) is 0 Å². The van der Waals surface area contributed by atoms with Crippen LogP contribution in [0.2, 0.25) is 0 Å². The van der Waals surface area contributed by atoms with Gasteiger partial charge in [0.2, 0.25) is 0 Å². The van der Waals surface area contributed by atoms with Gasteiger partial charge in [0, 0.05) is 23.8 Å². The lowest BCUT2D eigenvalue weighted by Crippen LogP contribution is -2.29. The molecule has 0 radical (unpaired) electrons. The standard InChI is InChI=1S/C13H20N2O/c1-3-7-15-12-6-4-5-10(12)8-11(9(2)14)13(15)16/h8-9H,3-7,14H2,1-2H3. The Kier molecular flexibility index (Phi) is 3.15.